The SMILES string of the molecule is CC.CCc1cccc(C(C)C)c1O. The summed E-state index contributed by atoms with van der Waals surface area (Å²) in [5.74, 6) is 0.881. The zero-order valence-corrected chi connectivity index (χ0v) is 9.96. The Kier molecular flexibility index (Phi) is 6.02. The molecule has 0 heterocycles. The number of hydrogen-bond acceptors (Lipinski definition) is 1. The fourth-order valence-electron chi connectivity index (χ4n) is 1.36. The van der Waals surface area contributed by atoms with Crippen LogP contribution in [-0.2, 0) is 6.42 Å². The van der Waals surface area contributed by atoms with Crippen molar-refractivity contribution >= 4 is 0 Å². The molecule has 0 aromatic heterocycles. The van der Waals surface area contributed by atoms with Crippen LogP contribution in [0.5, 0.6) is 5.75 Å². The molecule has 0 bridgehead atoms. The molecule has 0 saturated heterocycles. The summed E-state index contributed by atoms with van der Waals surface area (Å²) in [6.07, 6.45) is 0.895. The smallest absolute Gasteiger partial charge is 0.122 e. The van der Waals surface area contributed by atoms with Crippen LogP contribution < -0.4 is 0 Å². The van der Waals surface area contributed by atoms with Gasteiger partial charge in [0.15, 0.2) is 0 Å². The van der Waals surface area contributed by atoms with Crippen LogP contribution in [0.3, 0.4) is 0 Å². The maximum atomic E-state index is 9.76. The second kappa shape index (κ2) is 6.47. The molecule has 1 nitrogen and oxygen atoms in total. The Bertz CT molecular complexity index is 264. The molecule has 0 atom stereocenters. The van der Waals surface area contributed by atoms with Crippen LogP contribution in [0.2, 0.25) is 0 Å². The van der Waals surface area contributed by atoms with E-state index in [1.54, 1.807) is 0 Å². The van der Waals surface area contributed by atoms with Crippen LogP contribution >= 0.6 is 0 Å². The molecule has 1 aromatic carbocycles. The van der Waals surface area contributed by atoms with Crippen LogP contribution in [0.1, 0.15) is 51.7 Å². The molecule has 0 saturated carbocycles. The molecule has 1 rings (SSSR count). The third kappa shape index (κ3) is 3.06. The van der Waals surface area contributed by atoms with Crippen molar-refractivity contribution in [3.05, 3.63) is 29.3 Å². The van der Waals surface area contributed by atoms with Crippen molar-refractivity contribution < 1.29 is 5.11 Å². The largest absolute Gasteiger partial charge is 0.507 e. The van der Waals surface area contributed by atoms with Crippen molar-refractivity contribution in [2.45, 2.75) is 47.0 Å². The highest BCUT2D eigenvalue weighted by atomic mass is 16.3. The first-order valence-corrected chi connectivity index (χ1v) is 5.47. The molecule has 1 N–H and O–H groups in total. The van der Waals surface area contributed by atoms with Gasteiger partial charge < -0.3 is 5.11 Å². The van der Waals surface area contributed by atoms with Crippen LogP contribution in [0.4, 0.5) is 0 Å². The van der Waals surface area contributed by atoms with Gasteiger partial charge in [-0.05, 0) is 23.5 Å². The lowest BCUT2D eigenvalue weighted by atomic mass is 9.98. The summed E-state index contributed by atoms with van der Waals surface area (Å²) in [6.45, 7) is 10.2. The average molecular weight is 194 g/mol. The van der Waals surface area contributed by atoms with Gasteiger partial charge in [-0.25, -0.2) is 0 Å². The van der Waals surface area contributed by atoms with Gasteiger partial charge in [-0.3, -0.25) is 0 Å². The summed E-state index contributed by atoms with van der Waals surface area (Å²) in [6, 6.07) is 5.97. The van der Waals surface area contributed by atoms with Crippen LogP contribution in [0.15, 0.2) is 18.2 Å². The molecule has 0 radical (unpaired) electrons. The topological polar surface area (TPSA) is 20.2 Å². The molecule has 80 valence electrons. The minimum atomic E-state index is 0.400. The van der Waals surface area contributed by atoms with Gasteiger partial charge in [-0.1, -0.05) is 52.8 Å². The van der Waals surface area contributed by atoms with Crippen molar-refractivity contribution in [3.8, 4) is 5.75 Å². The Hall–Kier alpha value is -0.980. The summed E-state index contributed by atoms with van der Waals surface area (Å²) in [7, 11) is 0. The molecular formula is C13H22O. The second-order valence-corrected chi connectivity index (χ2v) is 3.36. The summed E-state index contributed by atoms with van der Waals surface area (Å²) < 4.78 is 0. The first-order valence-electron chi connectivity index (χ1n) is 5.47. The second-order valence-electron chi connectivity index (χ2n) is 3.36. The number of rotatable bonds is 2. The van der Waals surface area contributed by atoms with Gasteiger partial charge in [0.25, 0.3) is 0 Å². The minimum absolute atomic E-state index is 0.400. The van der Waals surface area contributed by atoms with E-state index in [2.05, 4.69) is 20.8 Å². The average Bonchev–Trinajstić information content (AvgIpc) is 2.21. The lowest BCUT2D eigenvalue weighted by Crippen LogP contribution is -1.91. The quantitative estimate of drug-likeness (QED) is 0.751. The number of para-hydroxylation sites is 1. The number of phenolic OH excluding ortho intramolecular Hbond substituents is 1. The highest BCUT2D eigenvalue weighted by Gasteiger charge is 2.07. The number of aryl methyl sites for hydroxylation is 1. The van der Waals surface area contributed by atoms with Crippen molar-refractivity contribution in [1.29, 1.82) is 0 Å². The number of aromatic hydroxyl groups is 1. The van der Waals surface area contributed by atoms with Crippen LogP contribution in [0, 0.1) is 0 Å². The Balaban J connectivity index is 0.000000791. The van der Waals surface area contributed by atoms with Gasteiger partial charge in [0.05, 0.1) is 0 Å². The van der Waals surface area contributed by atoms with Crippen molar-refractivity contribution in [2.24, 2.45) is 0 Å². The highest BCUT2D eigenvalue weighted by Crippen LogP contribution is 2.28. The molecule has 0 unspecified atom stereocenters. The summed E-state index contributed by atoms with van der Waals surface area (Å²) in [5, 5.41) is 9.76. The Morgan fingerprint density at radius 2 is 1.79 bits per heavy atom. The van der Waals surface area contributed by atoms with E-state index in [1.165, 1.54) is 0 Å². The van der Waals surface area contributed by atoms with E-state index in [0.717, 1.165) is 17.5 Å². The molecule has 0 fully saturated rings. The van der Waals surface area contributed by atoms with Crippen molar-refractivity contribution in [2.75, 3.05) is 0 Å². The summed E-state index contributed by atoms with van der Waals surface area (Å²) >= 11 is 0. The summed E-state index contributed by atoms with van der Waals surface area (Å²) in [4.78, 5) is 0. The third-order valence-electron chi connectivity index (χ3n) is 2.15. The molecule has 0 aliphatic heterocycles. The van der Waals surface area contributed by atoms with Gasteiger partial charge in [0, 0.05) is 0 Å². The minimum Gasteiger partial charge on any atom is -0.507 e. The van der Waals surface area contributed by atoms with Gasteiger partial charge in [0.2, 0.25) is 0 Å². The molecule has 1 aromatic rings. The van der Waals surface area contributed by atoms with E-state index >= 15 is 0 Å². The van der Waals surface area contributed by atoms with Crippen molar-refractivity contribution in [1.82, 2.24) is 0 Å². The van der Waals surface area contributed by atoms with Gasteiger partial charge in [-0.2, -0.15) is 0 Å². The van der Waals surface area contributed by atoms with Gasteiger partial charge >= 0.3 is 0 Å². The molecule has 0 aliphatic rings. The normalized spacial score (nSPS) is 9.57. The molecule has 14 heavy (non-hydrogen) atoms. The van der Waals surface area contributed by atoms with Gasteiger partial charge in [-0.15, -0.1) is 0 Å². The van der Waals surface area contributed by atoms with Crippen LogP contribution in [0.25, 0.3) is 0 Å². The lowest BCUT2D eigenvalue weighted by Gasteiger charge is -2.10. The van der Waals surface area contributed by atoms with E-state index in [4.69, 9.17) is 0 Å². The Morgan fingerprint density at radius 1 is 1.21 bits per heavy atom. The van der Waals surface area contributed by atoms with Crippen LogP contribution in [-0.4, -0.2) is 5.11 Å². The number of hydrogen-bond donors (Lipinski definition) is 1. The van der Waals surface area contributed by atoms with E-state index < -0.39 is 0 Å². The molecular weight excluding hydrogens is 172 g/mol. The number of phenols is 1. The van der Waals surface area contributed by atoms with E-state index in [0.29, 0.717) is 11.7 Å². The first-order chi connectivity index (χ1) is 6.66. The van der Waals surface area contributed by atoms with Gasteiger partial charge in [0.1, 0.15) is 5.75 Å². The summed E-state index contributed by atoms with van der Waals surface area (Å²) in [5.41, 5.74) is 2.09. The molecule has 0 spiro atoms. The Labute approximate surface area is 87.8 Å². The zero-order chi connectivity index (χ0) is 11.1. The Morgan fingerprint density at radius 3 is 2.21 bits per heavy atom. The maximum absolute atomic E-state index is 9.76. The molecule has 1 heteroatoms. The monoisotopic (exact) mass is 194 g/mol. The van der Waals surface area contributed by atoms with E-state index in [-0.39, 0.29) is 0 Å². The predicted octanol–water partition coefficient (Wildman–Crippen LogP) is 4.10. The van der Waals surface area contributed by atoms with E-state index in [9.17, 15) is 5.11 Å². The predicted molar refractivity (Wildman–Crippen MR) is 62.9 cm³/mol. The number of benzene rings is 1. The standard InChI is InChI=1S/C11H16O.C2H6/c1-4-9-6-5-7-10(8(2)3)11(9)12;1-2/h5-8,12H,4H2,1-3H3;1-2H3. The maximum Gasteiger partial charge on any atom is 0.122 e. The first kappa shape index (κ1) is 13.0. The lowest BCUT2D eigenvalue weighted by molar-refractivity contribution is 0.458. The van der Waals surface area contributed by atoms with E-state index in [1.807, 2.05) is 32.0 Å². The van der Waals surface area contributed by atoms with Crippen molar-refractivity contribution in [3.63, 3.8) is 0 Å². The molecule has 0 aliphatic carbocycles. The zero-order valence-electron chi connectivity index (χ0n) is 9.96. The third-order valence-corrected chi connectivity index (χ3v) is 2.15. The fraction of sp³-hybridized carbons (Fsp3) is 0.538. The molecule has 0 amide bonds. The fourth-order valence-corrected chi connectivity index (χ4v) is 1.36. The highest BCUT2D eigenvalue weighted by molar-refractivity contribution is 5.41.